The minimum Gasteiger partial charge on any atom is -0.394 e. The van der Waals surface area contributed by atoms with Crippen LogP contribution in [0.15, 0.2) is 70.8 Å². The minimum atomic E-state index is -0.268. The average Bonchev–Trinajstić information content (AvgIpc) is 2.73. The Morgan fingerprint density at radius 3 is 2.06 bits per heavy atom. The van der Waals surface area contributed by atoms with Crippen LogP contribution in [0.2, 0.25) is 5.15 Å². The van der Waals surface area contributed by atoms with Crippen molar-refractivity contribution in [3.8, 4) is 5.82 Å². The molecule has 10 nitrogen and oxygen atoms in total. The van der Waals surface area contributed by atoms with Crippen LogP contribution in [0, 0.1) is 13.8 Å². The molecule has 4 rings (SSSR count). The summed E-state index contributed by atoms with van der Waals surface area (Å²) in [4.78, 5) is 40.3. The molecule has 0 bridgehead atoms. The molecule has 0 radical (unpaired) electrons. The molecule has 0 fully saturated rings. The van der Waals surface area contributed by atoms with Crippen molar-refractivity contribution >= 4 is 23.0 Å². The minimum absolute atomic E-state index is 0.203. The molecule has 4 aromatic rings. The van der Waals surface area contributed by atoms with Gasteiger partial charge in [-0.15, -0.1) is 0 Å². The summed E-state index contributed by atoms with van der Waals surface area (Å²) in [5.74, 6) is 1.85. The van der Waals surface area contributed by atoms with Gasteiger partial charge in [-0.3, -0.25) is 14.2 Å². The zero-order chi connectivity index (χ0) is 22.8. The van der Waals surface area contributed by atoms with Gasteiger partial charge in [0.15, 0.2) is 0 Å². The summed E-state index contributed by atoms with van der Waals surface area (Å²) in [5.41, 5.74) is 10.7. The highest BCUT2D eigenvalue weighted by Crippen LogP contribution is 2.02. The number of rotatable bonds is 1. The van der Waals surface area contributed by atoms with Crippen LogP contribution in [-0.4, -0.2) is 29.5 Å². The quantitative estimate of drug-likeness (QED) is 0.378. The highest BCUT2D eigenvalue weighted by atomic mass is 35.5. The first-order valence-electron chi connectivity index (χ1n) is 8.93. The first-order chi connectivity index (χ1) is 14.8. The summed E-state index contributed by atoms with van der Waals surface area (Å²) in [5, 5.41) is 0.498. The molecule has 4 heterocycles. The van der Waals surface area contributed by atoms with E-state index in [0.29, 0.717) is 22.6 Å². The number of H-pyrrole nitrogens is 1. The van der Waals surface area contributed by atoms with Gasteiger partial charge in [-0.05, 0) is 50.2 Å². The Balaban J connectivity index is 0.000000181. The lowest BCUT2D eigenvalue weighted by Gasteiger charge is -2.04. The summed E-state index contributed by atoms with van der Waals surface area (Å²) >= 11 is 5.49. The molecule has 11 heteroatoms. The Morgan fingerprint density at radius 1 is 0.903 bits per heavy atom. The van der Waals surface area contributed by atoms with E-state index in [9.17, 15) is 9.59 Å². The van der Waals surface area contributed by atoms with Crippen molar-refractivity contribution in [3.63, 3.8) is 0 Å². The molecule has 0 unspecified atom stereocenters. The second kappa shape index (κ2) is 11.2. The van der Waals surface area contributed by atoms with Crippen LogP contribution < -0.4 is 22.6 Å². The number of halogens is 1. The highest BCUT2D eigenvalue weighted by molar-refractivity contribution is 6.29. The molecule has 160 valence electrons. The molecule has 0 aliphatic carbocycles. The number of nitrogen functional groups attached to an aromatic ring is 2. The predicted octanol–water partition coefficient (Wildman–Crippen LogP) is 1.91. The molecule has 0 aromatic carbocycles. The van der Waals surface area contributed by atoms with Gasteiger partial charge in [0.1, 0.15) is 22.6 Å². The van der Waals surface area contributed by atoms with E-state index < -0.39 is 0 Å². The molecule has 0 saturated heterocycles. The molecule has 5 N–H and O–H groups in total. The van der Waals surface area contributed by atoms with Gasteiger partial charge < -0.3 is 16.5 Å². The summed E-state index contributed by atoms with van der Waals surface area (Å²) < 4.78 is 1.39. The van der Waals surface area contributed by atoms with Gasteiger partial charge in [0.05, 0.1) is 11.4 Å². The normalized spacial score (nSPS) is 9.65. The number of aromatic nitrogens is 6. The smallest absolute Gasteiger partial charge is 0.279 e. The van der Waals surface area contributed by atoms with Gasteiger partial charge in [-0.25, -0.2) is 19.9 Å². The van der Waals surface area contributed by atoms with E-state index in [-0.39, 0.29) is 22.5 Å². The second-order valence-corrected chi connectivity index (χ2v) is 6.37. The van der Waals surface area contributed by atoms with Crippen LogP contribution >= 0.6 is 11.6 Å². The third-order valence-corrected chi connectivity index (χ3v) is 3.79. The summed E-state index contributed by atoms with van der Waals surface area (Å²) in [7, 11) is 0. The lowest BCUT2D eigenvalue weighted by Crippen LogP contribution is -2.21. The SMILES string of the molecule is Cc1nccc(-n2cccc(N)c2=O)n1.Cc1nccc(Cl)n1.Nc1ccc[nH]c1=O. The number of hydrogen-bond donors (Lipinski definition) is 3. The summed E-state index contributed by atoms with van der Waals surface area (Å²) in [6.45, 7) is 3.56. The standard InChI is InChI=1S/C10H10N4O.C5H5ClN2.C5H6N2O/c1-7-12-5-4-9(13-7)14-6-2-3-8(11)10(14)15;1-4-7-3-2-5(6)8-4;6-4-2-1-3-7-5(4)8/h2-6H,11H2,1H3;2-3H,1H3;1-3H,6H2,(H,7,8). The number of anilines is 2. The van der Waals surface area contributed by atoms with E-state index in [2.05, 4.69) is 24.9 Å². The third-order valence-electron chi connectivity index (χ3n) is 3.58. The van der Waals surface area contributed by atoms with Crippen molar-refractivity contribution in [2.24, 2.45) is 0 Å². The number of nitrogens with zero attached hydrogens (tertiary/aromatic N) is 5. The monoisotopic (exact) mass is 440 g/mol. The van der Waals surface area contributed by atoms with Crippen molar-refractivity contribution < 1.29 is 0 Å². The van der Waals surface area contributed by atoms with Crippen molar-refractivity contribution in [1.82, 2.24) is 29.5 Å². The number of aromatic amines is 1. The van der Waals surface area contributed by atoms with Crippen molar-refractivity contribution in [3.05, 3.63) is 98.7 Å². The number of nitrogens with two attached hydrogens (primary N) is 2. The van der Waals surface area contributed by atoms with Gasteiger partial charge in [-0.1, -0.05) is 11.6 Å². The Bertz CT molecular complexity index is 1240. The van der Waals surface area contributed by atoms with Gasteiger partial charge in [0, 0.05) is 24.8 Å². The fraction of sp³-hybridized carbons (Fsp3) is 0.100. The van der Waals surface area contributed by atoms with Crippen LogP contribution in [0.4, 0.5) is 11.4 Å². The number of nitrogens with one attached hydrogen (secondary N) is 1. The van der Waals surface area contributed by atoms with Gasteiger partial charge >= 0.3 is 0 Å². The molecule has 0 amide bonds. The largest absolute Gasteiger partial charge is 0.394 e. The Labute approximate surface area is 182 Å². The van der Waals surface area contributed by atoms with Gasteiger partial charge in [0.25, 0.3) is 11.1 Å². The van der Waals surface area contributed by atoms with Crippen LogP contribution in [0.25, 0.3) is 5.82 Å². The van der Waals surface area contributed by atoms with E-state index in [4.69, 9.17) is 23.1 Å². The maximum absolute atomic E-state index is 11.7. The number of hydrogen-bond acceptors (Lipinski definition) is 8. The predicted molar refractivity (Wildman–Crippen MR) is 120 cm³/mol. The van der Waals surface area contributed by atoms with E-state index in [0.717, 1.165) is 0 Å². The van der Waals surface area contributed by atoms with Crippen molar-refractivity contribution in [2.75, 3.05) is 11.5 Å². The molecule has 0 aliphatic rings. The van der Waals surface area contributed by atoms with Gasteiger partial charge in [0.2, 0.25) is 0 Å². The first kappa shape index (κ1) is 23.2. The maximum atomic E-state index is 11.7. The van der Waals surface area contributed by atoms with Gasteiger partial charge in [-0.2, -0.15) is 0 Å². The van der Waals surface area contributed by atoms with Crippen LogP contribution in [-0.2, 0) is 0 Å². The third kappa shape index (κ3) is 7.37. The lowest BCUT2D eigenvalue weighted by atomic mass is 10.4. The fourth-order valence-corrected chi connectivity index (χ4v) is 2.31. The molecule has 0 atom stereocenters. The van der Waals surface area contributed by atoms with Crippen LogP contribution in [0.3, 0.4) is 0 Å². The number of pyridine rings is 2. The van der Waals surface area contributed by atoms with Crippen molar-refractivity contribution in [2.45, 2.75) is 13.8 Å². The zero-order valence-electron chi connectivity index (χ0n) is 16.9. The Morgan fingerprint density at radius 2 is 1.55 bits per heavy atom. The van der Waals surface area contributed by atoms with E-state index in [1.54, 1.807) is 75.0 Å². The lowest BCUT2D eigenvalue weighted by molar-refractivity contribution is 0.905. The summed E-state index contributed by atoms with van der Waals surface area (Å²) in [6, 6.07) is 9.80. The van der Waals surface area contributed by atoms with Crippen LogP contribution in [0.1, 0.15) is 11.6 Å². The molecule has 31 heavy (non-hydrogen) atoms. The maximum Gasteiger partial charge on any atom is 0.279 e. The zero-order valence-corrected chi connectivity index (χ0v) is 17.6. The molecule has 0 spiro atoms. The van der Waals surface area contributed by atoms with Crippen LogP contribution in [0.5, 0.6) is 0 Å². The fourth-order valence-electron chi connectivity index (χ4n) is 2.13. The molecule has 0 saturated carbocycles. The Hall–Kier alpha value is -4.05. The highest BCUT2D eigenvalue weighted by Gasteiger charge is 2.03. The first-order valence-corrected chi connectivity index (χ1v) is 9.31. The molecular weight excluding hydrogens is 420 g/mol. The van der Waals surface area contributed by atoms with E-state index in [1.165, 1.54) is 4.57 Å². The topological polar surface area (TPSA) is 158 Å². The number of aryl methyl sites for hydroxylation is 2. The second-order valence-electron chi connectivity index (χ2n) is 5.98. The van der Waals surface area contributed by atoms with E-state index >= 15 is 0 Å². The van der Waals surface area contributed by atoms with E-state index in [1.807, 2.05) is 0 Å². The Kier molecular flexibility index (Phi) is 8.41. The molecule has 0 aliphatic heterocycles. The molecule has 4 aromatic heterocycles. The molecular formula is C20H21ClN8O2. The summed E-state index contributed by atoms with van der Waals surface area (Å²) in [6.07, 6.45) is 6.40. The van der Waals surface area contributed by atoms with Crippen molar-refractivity contribution in [1.29, 1.82) is 0 Å². The average molecular weight is 441 g/mol.